The second-order valence-corrected chi connectivity index (χ2v) is 8.12. The second kappa shape index (κ2) is 9.30. The van der Waals surface area contributed by atoms with Crippen molar-refractivity contribution in [2.75, 3.05) is 13.2 Å². The average Bonchev–Trinajstić information content (AvgIpc) is 2.61. The fourth-order valence-corrected chi connectivity index (χ4v) is 4.38. The van der Waals surface area contributed by atoms with Crippen LogP contribution in [0.1, 0.15) is 31.7 Å². The summed E-state index contributed by atoms with van der Waals surface area (Å²) in [6.45, 7) is 8.08. The molecule has 6 nitrogen and oxygen atoms in total. The highest BCUT2D eigenvalue weighted by atomic mass is 32.2. The molecule has 0 amide bonds. The largest absolute Gasteiger partial charge is 0.465 e. The van der Waals surface area contributed by atoms with Crippen LogP contribution in [0.15, 0.2) is 41.8 Å². The lowest BCUT2D eigenvalue weighted by Crippen LogP contribution is -2.52. The quantitative estimate of drug-likeness (QED) is 0.553. The smallest absolute Gasteiger partial charge is 0.324 e. The number of rotatable bonds is 8. The Morgan fingerprint density at radius 3 is 2.73 bits per heavy atom. The number of carbonyl (C=O) groups excluding carboxylic acids is 1. The predicted molar refractivity (Wildman–Crippen MR) is 99.2 cm³/mol. The van der Waals surface area contributed by atoms with Crippen LogP contribution in [0.4, 0.5) is 0 Å². The van der Waals surface area contributed by atoms with E-state index in [1.807, 2.05) is 6.92 Å². The van der Waals surface area contributed by atoms with E-state index in [1.54, 1.807) is 25.1 Å². The van der Waals surface area contributed by atoms with Crippen molar-refractivity contribution in [3.63, 3.8) is 0 Å². The minimum atomic E-state index is -3.86. The number of sulfonamides is 1. The number of hydrogen-bond acceptors (Lipinski definition) is 5. The Labute approximate surface area is 155 Å². The van der Waals surface area contributed by atoms with Crippen LogP contribution in [-0.4, -0.2) is 39.7 Å². The van der Waals surface area contributed by atoms with Gasteiger partial charge in [-0.05, 0) is 45.2 Å². The molecule has 1 aliphatic heterocycles. The van der Waals surface area contributed by atoms with Crippen molar-refractivity contribution in [1.82, 2.24) is 4.72 Å². The average molecular weight is 381 g/mol. The number of esters is 1. The molecule has 1 aromatic carbocycles. The molecule has 1 saturated heterocycles. The molecular formula is C19H27NO5S. The Morgan fingerprint density at radius 2 is 2.12 bits per heavy atom. The van der Waals surface area contributed by atoms with Crippen LogP contribution in [-0.2, 0) is 24.3 Å². The minimum Gasteiger partial charge on any atom is -0.465 e. The number of hydrogen-bond donors (Lipinski definition) is 1. The molecule has 0 saturated carbocycles. The van der Waals surface area contributed by atoms with E-state index >= 15 is 0 Å². The molecule has 0 radical (unpaired) electrons. The lowest BCUT2D eigenvalue weighted by atomic mass is 9.86. The van der Waals surface area contributed by atoms with E-state index in [0.717, 1.165) is 12.0 Å². The summed E-state index contributed by atoms with van der Waals surface area (Å²) in [6, 6.07) is 5.50. The van der Waals surface area contributed by atoms with Gasteiger partial charge in [0.25, 0.3) is 0 Å². The van der Waals surface area contributed by atoms with Gasteiger partial charge in [0.15, 0.2) is 0 Å². The fourth-order valence-electron chi connectivity index (χ4n) is 3.15. The number of benzene rings is 1. The molecule has 3 atom stereocenters. The van der Waals surface area contributed by atoms with Gasteiger partial charge in [-0.15, -0.1) is 6.58 Å². The standard InChI is InChI=1S/C19H27NO5S/c1-4-7-17-16(8-6-13-25-17)18(19(21)24-5-2)20-26(22,23)15-11-9-14(3)10-12-15/h4,9-12,16-18,20H,1,5-8,13H2,2-3H3/t16-,17?,18+/m1/s1. The predicted octanol–water partition coefficient (Wildman–Crippen LogP) is 2.58. The lowest BCUT2D eigenvalue weighted by molar-refractivity contribution is -0.150. The van der Waals surface area contributed by atoms with Crippen LogP contribution in [0.3, 0.4) is 0 Å². The molecule has 0 aliphatic carbocycles. The molecule has 2 rings (SSSR count). The van der Waals surface area contributed by atoms with E-state index in [4.69, 9.17) is 9.47 Å². The third-order valence-corrected chi connectivity index (χ3v) is 5.93. The van der Waals surface area contributed by atoms with Gasteiger partial charge >= 0.3 is 5.97 Å². The molecule has 0 spiro atoms. The van der Waals surface area contributed by atoms with E-state index in [2.05, 4.69) is 11.3 Å². The summed E-state index contributed by atoms with van der Waals surface area (Å²) in [5, 5.41) is 0. The Hall–Kier alpha value is -1.70. The van der Waals surface area contributed by atoms with Gasteiger partial charge < -0.3 is 9.47 Å². The van der Waals surface area contributed by atoms with E-state index in [1.165, 1.54) is 12.1 Å². The first-order valence-corrected chi connectivity index (χ1v) is 10.4. The van der Waals surface area contributed by atoms with Crippen molar-refractivity contribution < 1.29 is 22.7 Å². The molecule has 7 heteroatoms. The Morgan fingerprint density at radius 1 is 1.42 bits per heavy atom. The monoisotopic (exact) mass is 381 g/mol. The molecule has 1 fully saturated rings. The molecule has 1 heterocycles. The molecule has 1 N–H and O–H groups in total. The molecule has 1 aliphatic rings. The highest BCUT2D eigenvalue weighted by Crippen LogP contribution is 2.28. The van der Waals surface area contributed by atoms with Gasteiger partial charge in [0, 0.05) is 12.5 Å². The second-order valence-electron chi connectivity index (χ2n) is 6.40. The Bertz CT molecular complexity index is 714. The molecule has 1 unspecified atom stereocenters. The van der Waals surface area contributed by atoms with Gasteiger partial charge in [0.1, 0.15) is 6.04 Å². The lowest BCUT2D eigenvalue weighted by Gasteiger charge is -2.35. The maximum absolute atomic E-state index is 12.8. The molecular weight excluding hydrogens is 354 g/mol. The minimum absolute atomic E-state index is 0.120. The summed E-state index contributed by atoms with van der Waals surface area (Å²) in [5.74, 6) is -0.881. The highest BCUT2D eigenvalue weighted by molar-refractivity contribution is 7.89. The number of nitrogens with one attached hydrogen (secondary N) is 1. The normalized spacial score (nSPS) is 21.8. The van der Waals surface area contributed by atoms with Crippen molar-refractivity contribution in [2.45, 2.75) is 50.2 Å². The zero-order valence-corrected chi connectivity index (χ0v) is 16.1. The SMILES string of the molecule is C=CCC1OCCC[C@H]1[C@H](NS(=O)(=O)c1ccc(C)cc1)C(=O)OCC. The van der Waals surface area contributed by atoms with Crippen LogP contribution >= 0.6 is 0 Å². The van der Waals surface area contributed by atoms with Crippen LogP contribution in [0.5, 0.6) is 0 Å². The van der Waals surface area contributed by atoms with Crippen LogP contribution in [0.2, 0.25) is 0 Å². The van der Waals surface area contributed by atoms with E-state index in [0.29, 0.717) is 19.4 Å². The summed E-state index contributed by atoms with van der Waals surface area (Å²) >= 11 is 0. The van der Waals surface area contributed by atoms with Crippen molar-refractivity contribution in [3.05, 3.63) is 42.5 Å². The first-order chi connectivity index (χ1) is 12.4. The van der Waals surface area contributed by atoms with Gasteiger partial charge in [-0.1, -0.05) is 23.8 Å². The summed E-state index contributed by atoms with van der Waals surface area (Å²) in [6.07, 6.45) is 3.45. The van der Waals surface area contributed by atoms with Gasteiger partial charge in [0.05, 0.1) is 17.6 Å². The van der Waals surface area contributed by atoms with Crippen LogP contribution < -0.4 is 4.72 Å². The van der Waals surface area contributed by atoms with Crippen molar-refractivity contribution in [3.8, 4) is 0 Å². The number of ether oxygens (including phenoxy) is 2. The fraction of sp³-hybridized carbons (Fsp3) is 0.526. The third-order valence-electron chi connectivity index (χ3n) is 4.47. The van der Waals surface area contributed by atoms with E-state index in [9.17, 15) is 13.2 Å². The van der Waals surface area contributed by atoms with Gasteiger partial charge in [-0.2, -0.15) is 4.72 Å². The highest BCUT2D eigenvalue weighted by Gasteiger charge is 2.39. The topological polar surface area (TPSA) is 81.7 Å². The first kappa shape index (κ1) is 20.6. The summed E-state index contributed by atoms with van der Waals surface area (Å²) in [7, 11) is -3.86. The molecule has 0 bridgehead atoms. The van der Waals surface area contributed by atoms with Gasteiger partial charge in [-0.25, -0.2) is 8.42 Å². The molecule has 0 aromatic heterocycles. The molecule has 144 valence electrons. The summed E-state index contributed by atoms with van der Waals surface area (Å²) < 4.78 is 39.0. The zero-order chi connectivity index (χ0) is 19.2. The Kier molecular flexibility index (Phi) is 7.37. The number of carbonyl (C=O) groups is 1. The van der Waals surface area contributed by atoms with Crippen molar-refractivity contribution >= 4 is 16.0 Å². The van der Waals surface area contributed by atoms with Gasteiger partial charge in [-0.3, -0.25) is 4.79 Å². The summed E-state index contributed by atoms with van der Waals surface area (Å²) in [4.78, 5) is 12.6. The van der Waals surface area contributed by atoms with Gasteiger partial charge in [0.2, 0.25) is 10.0 Å². The Balaban J connectivity index is 2.30. The zero-order valence-electron chi connectivity index (χ0n) is 15.3. The summed E-state index contributed by atoms with van der Waals surface area (Å²) in [5.41, 5.74) is 0.956. The first-order valence-electron chi connectivity index (χ1n) is 8.87. The maximum atomic E-state index is 12.8. The van der Waals surface area contributed by atoms with E-state index < -0.39 is 22.0 Å². The van der Waals surface area contributed by atoms with Crippen molar-refractivity contribution in [2.24, 2.45) is 5.92 Å². The number of aryl methyl sites for hydroxylation is 1. The van der Waals surface area contributed by atoms with Crippen LogP contribution in [0.25, 0.3) is 0 Å². The molecule has 1 aromatic rings. The maximum Gasteiger partial charge on any atom is 0.324 e. The third kappa shape index (κ3) is 5.16. The van der Waals surface area contributed by atoms with Crippen LogP contribution in [0, 0.1) is 12.8 Å². The molecule has 26 heavy (non-hydrogen) atoms. The van der Waals surface area contributed by atoms with Crippen molar-refractivity contribution in [1.29, 1.82) is 0 Å². The van der Waals surface area contributed by atoms with E-state index in [-0.39, 0.29) is 23.5 Å².